The summed E-state index contributed by atoms with van der Waals surface area (Å²) in [5, 5.41) is 7.59. The molecule has 0 saturated carbocycles. The monoisotopic (exact) mass is 346 g/mol. The van der Waals surface area contributed by atoms with Crippen molar-refractivity contribution in [1.29, 1.82) is 0 Å². The molecule has 0 N–H and O–H groups in total. The Morgan fingerprint density at radius 2 is 1.60 bits per heavy atom. The van der Waals surface area contributed by atoms with Crippen LogP contribution in [0.15, 0.2) is 71.6 Å². The minimum atomic E-state index is -0.312. The zero-order valence-electron chi connectivity index (χ0n) is 14.0. The van der Waals surface area contributed by atoms with E-state index >= 15 is 0 Å². The van der Waals surface area contributed by atoms with Crippen LogP contribution in [0.4, 0.5) is 0 Å². The molecule has 2 nitrogen and oxygen atoms in total. The second-order valence-electron chi connectivity index (χ2n) is 6.03. The highest BCUT2D eigenvalue weighted by Gasteiger charge is 2.13. The normalized spacial score (nSPS) is 11.4. The van der Waals surface area contributed by atoms with E-state index < -0.39 is 0 Å². The van der Waals surface area contributed by atoms with Gasteiger partial charge in [0.05, 0.1) is 6.61 Å². The van der Waals surface area contributed by atoms with Crippen LogP contribution in [0.25, 0.3) is 32.3 Å². The van der Waals surface area contributed by atoms with Gasteiger partial charge in [0, 0.05) is 16.2 Å². The van der Waals surface area contributed by atoms with E-state index in [-0.39, 0.29) is 5.97 Å². The number of hydrogen-bond acceptors (Lipinski definition) is 3. The van der Waals surface area contributed by atoms with Crippen molar-refractivity contribution in [3.8, 4) is 0 Å². The highest BCUT2D eigenvalue weighted by molar-refractivity contribution is 7.99. The molecular formula is C22H18O2S. The Bertz CT molecular complexity index is 1080. The molecule has 0 unspecified atom stereocenters. The lowest BCUT2D eigenvalue weighted by molar-refractivity contribution is -0.138. The molecule has 0 radical (unpaired) electrons. The van der Waals surface area contributed by atoms with Crippen LogP contribution in [0.5, 0.6) is 0 Å². The molecule has 0 heterocycles. The van der Waals surface area contributed by atoms with Crippen molar-refractivity contribution >= 4 is 50.0 Å². The molecule has 0 bridgehead atoms. The van der Waals surface area contributed by atoms with Crippen LogP contribution < -0.4 is 0 Å². The lowest BCUT2D eigenvalue weighted by Gasteiger charge is -2.13. The van der Waals surface area contributed by atoms with E-state index in [2.05, 4.69) is 61.2 Å². The summed E-state index contributed by atoms with van der Waals surface area (Å²) in [6, 6.07) is 19.4. The summed E-state index contributed by atoms with van der Waals surface area (Å²) in [6.07, 6.45) is 0. The van der Waals surface area contributed by atoms with Gasteiger partial charge in [-0.3, -0.25) is 0 Å². The largest absolute Gasteiger partial charge is 0.463 e. The molecule has 0 aliphatic heterocycles. The first kappa shape index (κ1) is 16.0. The number of hydrogen-bond donors (Lipinski definition) is 0. The van der Waals surface area contributed by atoms with E-state index in [0.717, 1.165) is 4.90 Å². The molecule has 0 aliphatic carbocycles. The topological polar surface area (TPSA) is 26.3 Å². The zero-order valence-corrected chi connectivity index (χ0v) is 14.9. The number of carbonyl (C=O) groups is 1. The molecule has 4 aromatic carbocycles. The Hall–Kier alpha value is -2.52. The van der Waals surface area contributed by atoms with Crippen LogP contribution in [0, 0.1) is 0 Å². The van der Waals surface area contributed by atoms with Crippen molar-refractivity contribution in [1.82, 2.24) is 0 Å². The summed E-state index contributed by atoms with van der Waals surface area (Å²) in [4.78, 5) is 12.9. The van der Waals surface area contributed by atoms with Gasteiger partial charge < -0.3 is 4.74 Å². The quantitative estimate of drug-likeness (QED) is 0.198. The summed E-state index contributed by atoms with van der Waals surface area (Å²) in [6.45, 7) is 6.04. The highest BCUT2D eigenvalue weighted by Crippen LogP contribution is 2.39. The van der Waals surface area contributed by atoms with E-state index in [9.17, 15) is 4.79 Å². The lowest BCUT2D eigenvalue weighted by Crippen LogP contribution is -2.08. The Kier molecular flexibility index (Phi) is 4.10. The molecule has 0 aliphatic rings. The van der Waals surface area contributed by atoms with Crippen molar-refractivity contribution in [2.45, 2.75) is 11.8 Å². The summed E-state index contributed by atoms with van der Waals surface area (Å²) >= 11 is 1.63. The van der Waals surface area contributed by atoms with Gasteiger partial charge in [-0.25, -0.2) is 4.79 Å². The van der Waals surface area contributed by atoms with Crippen LogP contribution in [-0.2, 0) is 9.53 Å². The average molecular weight is 346 g/mol. The van der Waals surface area contributed by atoms with Gasteiger partial charge in [0.1, 0.15) is 0 Å². The van der Waals surface area contributed by atoms with Crippen LogP contribution in [0.3, 0.4) is 0 Å². The molecule has 0 amide bonds. The molecule has 124 valence electrons. The first-order chi connectivity index (χ1) is 12.2. The van der Waals surface area contributed by atoms with Gasteiger partial charge in [-0.05, 0) is 45.3 Å². The molecule has 4 rings (SSSR count). The average Bonchev–Trinajstić information content (AvgIpc) is 2.64. The van der Waals surface area contributed by atoms with E-state index in [4.69, 9.17) is 4.74 Å². The van der Waals surface area contributed by atoms with Gasteiger partial charge in [-0.15, -0.1) is 11.8 Å². The number of esters is 1. The maximum absolute atomic E-state index is 11.8. The Morgan fingerprint density at radius 3 is 2.32 bits per heavy atom. The fourth-order valence-electron chi connectivity index (χ4n) is 3.29. The summed E-state index contributed by atoms with van der Waals surface area (Å²) in [5.74, 6) is 0.218. The van der Waals surface area contributed by atoms with Crippen molar-refractivity contribution in [3.05, 3.63) is 66.7 Å². The number of benzene rings is 4. The van der Waals surface area contributed by atoms with Crippen molar-refractivity contribution in [2.75, 3.05) is 12.4 Å². The predicted molar refractivity (Wildman–Crippen MR) is 107 cm³/mol. The van der Waals surface area contributed by atoms with Gasteiger partial charge in [0.15, 0.2) is 0 Å². The SMILES string of the molecule is C=C(CSc1ccc2ccc3cccc4ccc1c2c34)C(=O)OCC. The summed E-state index contributed by atoms with van der Waals surface area (Å²) < 4.78 is 5.02. The molecule has 3 heteroatoms. The number of carbonyl (C=O) groups excluding carboxylic acids is 1. The molecule has 0 fully saturated rings. The van der Waals surface area contributed by atoms with Crippen LogP contribution >= 0.6 is 11.8 Å². The molecule has 0 saturated heterocycles. The third-order valence-corrected chi connectivity index (χ3v) is 5.61. The first-order valence-corrected chi connectivity index (χ1v) is 9.32. The highest BCUT2D eigenvalue weighted by atomic mass is 32.2. The zero-order chi connectivity index (χ0) is 17.4. The standard InChI is InChI=1S/C22H18O2S/c1-3-24-22(23)14(2)13-25-19-12-10-17-8-7-15-5-4-6-16-9-11-18(19)21(17)20(15)16/h4-12H,2-3,13H2,1H3. The maximum atomic E-state index is 11.8. The van der Waals surface area contributed by atoms with Crippen molar-refractivity contribution < 1.29 is 9.53 Å². The maximum Gasteiger partial charge on any atom is 0.334 e. The van der Waals surface area contributed by atoms with Gasteiger partial charge in [0.25, 0.3) is 0 Å². The molecule has 4 aromatic rings. The fraction of sp³-hybridized carbons (Fsp3) is 0.136. The molecule has 0 spiro atoms. The second kappa shape index (κ2) is 6.41. The number of ether oxygens (including phenoxy) is 1. The third-order valence-electron chi connectivity index (χ3n) is 4.45. The van der Waals surface area contributed by atoms with E-state index in [1.807, 2.05) is 0 Å². The minimum absolute atomic E-state index is 0.312. The Balaban J connectivity index is 1.77. The number of thioether (sulfide) groups is 1. The molecular weight excluding hydrogens is 328 g/mol. The van der Waals surface area contributed by atoms with Gasteiger partial charge in [0.2, 0.25) is 0 Å². The first-order valence-electron chi connectivity index (χ1n) is 8.33. The van der Waals surface area contributed by atoms with Gasteiger partial charge in [-0.1, -0.05) is 55.1 Å². The molecule has 25 heavy (non-hydrogen) atoms. The van der Waals surface area contributed by atoms with E-state index in [0.29, 0.717) is 17.9 Å². The predicted octanol–water partition coefficient (Wildman–Crippen LogP) is 5.80. The third kappa shape index (κ3) is 2.75. The minimum Gasteiger partial charge on any atom is -0.463 e. The van der Waals surface area contributed by atoms with Crippen molar-refractivity contribution in [3.63, 3.8) is 0 Å². The summed E-state index contributed by atoms with van der Waals surface area (Å²) in [7, 11) is 0. The van der Waals surface area contributed by atoms with E-state index in [1.165, 1.54) is 32.3 Å². The lowest BCUT2D eigenvalue weighted by atomic mass is 9.94. The summed E-state index contributed by atoms with van der Waals surface area (Å²) in [5.41, 5.74) is 0.498. The van der Waals surface area contributed by atoms with Gasteiger partial charge >= 0.3 is 5.97 Å². The molecule has 0 aromatic heterocycles. The van der Waals surface area contributed by atoms with Crippen LogP contribution in [0.2, 0.25) is 0 Å². The van der Waals surface area contributed by atoms with E-state index in [1.54, 1.807) is 18.7 Å². The molecule has 0 atom stereocenters. The second-order valence-corrected chi connectivity index (χ2v) is 7.05. The van der Waals surface area contributed by atoms with Gasteiger partial charge in [-0.2, -0.15) is 0 Å². The van der Waals surface area contributed by atoms with Crippen LogP contribution in [0.1, 0.15) is 6.92 Å². The van der Waals surface area contributed by atoms with Crippen molar-refractivity contribution in [2.24, 2.45) is 0 Å². The Labute approximate surface area is 150 Å². The Morgan fingerprint density at radius 1 is 0.960 bits per heavy atom. The fourth-order valence-corrected chi connectivity index (χ4v) is 4.23. The smallest absolute Gasteiger partial charge is 0.334 e. The van der Waals surface area contributed by atoms with Crippen LogP contribution in [-0.4, -0.2) is 18.3 Å². The number of rotatable bonds is 5.